The maximum Gasteiger partial charge on any atom is 0.406 e. The second kappa shape index (κ2) is 6.11. The van der Waals surface area contributed by atoms with Gasteiger partial charge in [-0.1, -0.05) is 6.07 Å². The molecule has 0 bridgehead atoms. The van der Waals surface area contributed by atoms with E-state index in [1.54, 1.807) is 22.9 Å². The largest absolute Gasteiger partial charge is 0.486 e. The quantitative estimate of drug-likeness (QED) is 0.724. The number of imidazole rings is 1. The average Bonchev–Trinajstić information content (AvgIpc) is 3.15. The fourth-order valence-corrected chi connectivity index (χ4v) is 2.02. The van der Waals surface area contributed by atoms with E-state index in [0.717, 1.165) is 10.3 Å². The summed E-state index contributed by atoms with van der Waals surface area (Å²) in [6.45, 7) is -1.16. The number of ether oxygens (including phenoxy) is 1. The normalized spacial score (nSPS) is 11.6. The van der Waals surface area contributed by atoms with Gasteiger partial charge in [-0.15, -0.1) is 0 Å². The predicted molar refractivity (Wildman–Crippen MR) is 74.0 cm³/mol. The van der Waals surface area contributed by atoms with Gasteiger partial charge in [0, 0.05) is 18.5 Å². The molecule has 0 aliphatic carbocycles. The van der Waals surface area contributed by atoms with Crippen LogP contribution in [0.15, 0.2) is 49.3 Å². The van der Waals surface area contributed by atoms with E-state index in [2.05, 4.69) is 15.1 Å². The Kier molecular flexibility index (Phi) is 4.00. The summed E-state index contributed by atoms with van der Waals surface area (Å²) in [6.07, 6.45) is 1.23. The Labute approximate surface area is 129 Å². The van der Waals surface area contributed by atoms with Gasteiger partial charge in [-0.2, -0.15) is 18.3 Å². The average molecular weight is 323 g/mol. The maximum atomic E-state index is 12.5. The van der Waals surface area contributed by atoms with Crippen LogP contribution in [0.1, 0.15) is 5.82 Å². The van der Waals surface area contributed by atoms with Crippen LogP contribution in [-0.4, -0.2) is 30.5 Å². The molecule has 0 amide bonds. The highest BCUT2D eigenvalue weighted by molar-refractivity contribution is 5.38. The van der Waals surface area contributed by atoms with Crippen LogP contribution in [0.5, 0.6) is 5.75 Å². The lowest BCUT2D eigenvalue weighted by Gasteiger charge is -2.12. The lowest BCUT2D eigenvalue weighted by molar-refractivity contribution is -0.141. The molecule has 1 aromatic carbocycles. The summed E-state index contributed by atoms with van der Waals surface area (Å²) >= 11 is 0. The fraction of sp³-hybridized carbons (Fsp3) is 0.214. The van der Waals surface area contributed by atoms with Crippen molar-refractivity contribution in [2.75, 3.05) is 0 Å². The molecule has 2 heterocycles. The number of hydrogen-bond donors (Lipinski definition) is 0. The van der Waals surface area contributed by atoms with Crippen molar-refractivity contribution in [3.63, 3.8) is 0 Å². The second-order valence-corrected chi connectivity index (χ2v) is 4.71. The number of nitrogens with zero attached hydrogens (tertiary/aromatic N) is 5. The minimum Gasteiger partial charge on any atom is -0.486 e. The van der Waals surface area contributed by atoms with Crippen LogP contribution < -0.4 is 4.74 Å². The van der Waals surface area contributed by atoms with E-state index in [9.17, 15) is 13.2 Å². The molecule has 6 nitrogen and oxygen atoms in total. The van der Waals surface area contributed by atoms with Gasteiger partial charge in [0.15, 0.2) is 0 Å². The second-order valence-electron chi connectivity index (χ2n) is 4.71. The van der Waals surface area contributed by atoms with Crippen LogP contribution in [-0.2, 0) is 13.2 Å². The lowest BCUT2D eigenvalue weighted by Crippen LogP contribution is -2.19. The first-order valence-electron chi connectivity index (χ1n) is 6.66. The highest BCUT2D eigenvalue weighted by Crippen LogP contribution is 2.20. The summed E-state index contributed by atoms with van der Waals surface area (Å²) in [5, 5.41) is 4.00. The Bertz CT molecular complexity index is 767. The molecule has 0 fully saturated rings. The standard InChI is InChI=1S/C14H12F3N5O/c15-14(16,17)8-21-5-4-19-13(21)7-23-12-3-1-2-11(6-12)22-10-18-9-20-22/h1-6,9-10H,7-8H2. The van der Waals surface area contributed by atoms with Crippen LogP contribution >= 0.6 is 0 Å². The highest BCUT2D eigenvalue weighted by Gasteiger charge is 2.28. The molecule has 9 heteroatoms. The molecule has 0 saturated carbocycles. The van der Waals surface area contributed by atoms with Crippen molar-refractivity contribution >= 4 is 0 Å². The van der Waals surface area contributed by atoms with Crippen molar-refractivity contribution in [1.82, 2.24) is 24.3 Å². The zero-order valence-electron chi connectivity index (χ0n) is 11.8. The first-order chi connectivity index (χ1) is 11.0. The SMILES string of the molecule is FC(F)(F)Cn1ccnc1COc1cccc(-n2cncn2)c1. The van der Waals surface area contributed by atoms with Gasteiger partial charge in [0.05, 0.1) is 5.69 Å². The molecule has 3 aromatic rings. The smallest absolute Gasteiger partial charge is 0.406 e. The third kappa shape index (κ3) is 3.87. The van der Waals surface area contributed by atoms with E-state index in [1.165, 1.54) is 25.0 Å². The van der Waals surface area contributed by atoms with Gasteiger partial charge in [0.25, 0.3) is 0 Å². The molecule has 0 aliphatic heterocycles. The van der Waals surface area contributed by atoms with Gasteiger partial charge >= 0.3 is 6.18 Å². The Morgan fingerprint density at radius 2 is 2.09 bits per heavy atom. The molecule has 0 aliphatic rings. The number of halogens is 3. The molecular weight excluding hydrogens is 311 g/mol. The van der Waals surface area contributed by atoms with Crippen LogP contribution in [0, 0.1) is 0 Å². The Morgan fingerprint density at radius 1 is 1.22 bits per heavy atom. The van der Waals surface area contributed by atoms with Crippen molar-refractivity contribution in [2.24, 2.45) is 0 Å². The van der Waals surface area contributed by atoms with Gasteiger partial charge in [-0.05, 0) is 12.1 Å². The molecule has 3 rings (SSSR count). The molecule has 0 spiro atoms. The third-order valence-electron chi connectivity index (χ3n) is 3.02. The summed E-state index contributed by atoms with van der Waals surface area (Å²) in [5.41, 5.74) is 0.735. The Balaban J connectivity index is 1.70. The number of benzene rings is 1. The predicted octanol–water partition coefficient (Wildman–Crippen LogP) is 2.61. The Hall–Kier alpha value is -2.84. The van der Waals surface area contributed by atoms with Crippen LogP contribution in [0.2, 0.25) is 0 Å². The van der Waals surface area contributed by atoms with Crippen molar-refractivity contribution in [3.05, 3.63) is 55.1 Å². The zero-order valence-corrected chi connectivity index (χ0v) is 11.8. The maximum absolute atomic E-state index is 12.5. The Morgan fingerprint density at radius 3 is 2.83 bits per heavy atom. The monoisotopic (exact) mass is 323 g/mol. The van der Waals surface area contributed by atoms with E-state index in [-0.39, 0.29) is 12.4 Å². The van der Waals surface area contributed by atoms with E-state index in [4.69, 9.17) is 4.74 Å². The summed E-state index contributed by atoms with van der Waals surface area (Å²) in [5.74, 6) is 0.702. The van der Waals surface area contributed by atoms with Gasteiger partial charge in [0.1, 0.15) is 37.4 Å². The van der Waals surface area contributed by atoms with Crippen molar-refractivity contribution in [2.45, 2.75) is 19.3 Å². The van der Waals surface area contributed by atoms with E-state index in [0.29, 0.717) is 5.75 Å². The molecule has 0 saturated heterocycles. The molecule has 2 aromatic heterocycles. The number of alkyl halides is 3. The van der Waals surface area contributed by atoms with E-state index in [1.807, 2.05) is 6.07 Å². The number of rotatable bonds is 5. The first-order valence-corrected chi connectivity index (χ1v) is 6.66. The summed E-state index contributed by atoms with van der Waals surface area (Å²) < 4.78 is 45.5. The van der Waals surface area contributed by atoms with E-state index >= 15 is 0 Å². The molecular formula is C14H12F3N5O. The van der Waals surface area contributed by atoms with Crippen molar-refractivity contribution < 1.29 is 17.9 Å². The number of hydrogen-bond acceptors (Lipinski definition) is 4. The summed E-state index contributed by atoms with van der Waals surface area (Å²) in [6, 6.07) is 6.99. The van der Waals surface area contributed by atoms with Crippen LogP contribution in [0.3, 0.4) is 0 Å². The summed E-state index contributed by atoms with van der Waals surface area (Å²) in [4.78, 5) is 7.75. The van der Waals surface area contributed by atoms with Gasteiger partial charge < -0.3 is 9.30 Å². The zero-order chi connectivity index (χ0) is 16.3. The molecule has 0 N–H and O–H groups in total. The molecule has 120 valence electrons. The molecule has 0 unspecified atom stereocenters. The number of aromatic nitrogens is 5. The molecule has 23 heavy (non-hydrogen) atoms. The lowest BCUT2D eigenvalue weighted by atomic mass is 10.3. The minimum absolute atomic E-state index is 0.0656. The van der Waals surface area contributed by atoms with Crippen LogP contribution in [0.25, 0.3) is 5.69 Å². The highest BCUT2D eigenvalue weighted by atomic mass is 19.4. The minimum atomic E-state index is -4.30. The molecule has 0 atom stereocenters. The topological polar surface area (TPSA) is 57.8 Å². The van der Waals surface area contributed by atoms with Gasteiger partial charge in [-0.3, -0.25) is 0 Å². The van der Waals surface area contributed by atoms with Crippen molar-refractivity contribution in [3.8, 4) is 11.4 Å². The fourth-order valence-electron chi connectivity index (χ4n) is 2.02. The van der Waals surface area contributed by atoms with Gasteiger partial charge in [-0.25, -0.2) is 14.6 Å². The van der Waals surface area contributed by atoms with E-state index < -0.39 is 12.7 Å². The molecule has 0 radical (unpaired) electrons. The van der Waals surface area contributed by atoms with Crippen molar-refractivity contribution in [1.29, 1.82) is 0 Å². The van der Waals surface area contributed by atoms with Gasteiger partial charge in [0.2, 0.25) is 0 Å². The summed E-state index contributed by atoms with van der Waals surface area (Å²) in [7, 11) is 0. The van der Waals surface area contributed by atoms with Crippen LogP contribution in [0.4, 0.5) is 13.2 Å². The first kappa shape index (κ1) is 15.1. The third-order valence-corrected chi connectivity index (χ3v) is 3.02.